The number of hydrogen-bond donors (Lipinski definition) is 2. The lowest BCUT2D eigenvalue weighted by Crippen LogP contribution is -2.31. The number of carbonyl (C=O) groups is 2. The highest BCUT2D eigenvalue weighted by Crippen LogP contribution is 2.46. The zero-order chi connectivity index (χ0) is 24.0. The van der Waals surface area contributed by atoms with Crippen molar-refractivity contribution >= 4 is 46.1 Å². The van der Waals surface area contributed by atoms with Gasteiger partial charge in [-0.15, -0.1) is 0 Å². The lowest BCUT2D eigenvalue weighted by atomic mass is 9.73. The smallest absolute Gasteiger partial charge is 0.193 e. The lowest BCUT2D eigenvalue weighted by Gasteiger charge is -2.34. The van der Waals surface area contributed by atoms with Crippen LogP contribution in [0.4, 0.5) is 11.4 Å². The van der Waals surface area contributed by atoms with Crippen molar-refractivity contribution in [2.75, 3.05) is 10.6 Å². The molecule has 2 N–H and O–H groups in total. The summed E-state index contributed by atoms with van der Waals surface area (Å²) in [6, 6.07) is 19.8. The van der Waals surface area contributed by atoms with E-state index in [1.54, 1.807) is 12.1 Å². The molecule has 5 rings (SSSR count). The van der Waals surface area contributed by atoms with Crippen molar-refractivity contribution in [3.05, 3.63) is 105 Å². The van der Waals surface area contributed by atoms with Crippen LogP contribution in [0.15, 0.2) is 78.0 Å². The van der Waals surface area contributed by atoms with E-state index in [2.05, 4.69) is 24.5 Å². The zero-order valence-corrected chi connectivity index (χ0v) is 20.4. The average Bonchev–Trinajstić information content (AvgIpc) is 2.96. The molecule has 172 valence electrons. The van der Waals surface area contributed by atoms with E-state index in [1.165, 1.54) is 0 Å². The standard InChI is InChI=1S/C28H24Cl2N2O2/c1-28(2)14-23-25(24(33)15-28)26(17-8-10-19(29)20(30)12-17)32-21-11-9-18(13-22(21)31-23)27(34)16-6-4-3-5-7-16/h3-13,26,31-32H,14-15H2,1-2H3/t26-/m0/s1. The maximum Gasteiger partial charge on any atom is 0.193 e. The molecule has 3 aromatic rings. The van der Waals surface area contributed by atoms with Gasteiger partial charge < -0.3 is 10.6 Å². The largest absolute Gasteiger partial charge is 0.372 e. The van der Waals surface area contributed by atoms with Gasteiger partial charge in [-0.2, -0.15) is 0 Å². The Hall–Kier alpha value is -3.08. The van der Waals surface area contributed by atoms with Gasteiger partial charge in [0.1, 0.15) is 0 Å². The molecule has 0 unspecified atom stereocenters. The molecule has 0 saturated carbocycles. The molecule has 0 aromatic heterocycles. The molecular weight excluding hydrogens is 467 g/mol. The van der Waals surface area contributed by atoms with E-state index in [9.17, 15) is 9.59 Å². The summed E-state index contributed by atoms with van der Waals surface area (Å²) in [5, 5.41) is 7.94. The van der Waals surface area contributed by atoms with E-state index < -0.39 is 6.04 Å². The van der Waals surface area contributed by atoms with Crippen LogP contribution in [0.1, 0.15) is 54.2 Å². The molecule has 1 atom stereocenters. The molecule has 0 amide bonds. The molecule has 6 heteroatoms. The number of ketones is 2. The molecule has 2 aliphatic rings. The SMILES string of the molecule is CC1(C)CC(=O)C2=C(C1)Nc1cc(C(=O)c3ccccc3)ccc1N[C@H]2c1ccc(Cl)c(Cl)c1. The molecule has 34 heavy (non-hydrogen) atoms. The van der Waals surface area contributed by atoms with Crippen molar-refractivity contribution < 1.29 is 9.59 Å². The van der Waals surface area contributed by atoms with E-state index in [4.69, 9.17) is 23.2 Å². The quantitative estimate of drug-likeness (QED) is 0.374. The van der Waals surface area contributed by atoms with Crippen LogP contribution in [-0.4, -0.2) is 11.6 Å². The molecule has 0 fully saturated rings. The van der Waals surface area contributed by atoms with E-state index in [-0.39, 0.29) is 17.0 Å². The molecule has 1 aliphatic heterocycles. The Kier molecular flexibility index (Phi) is 5.75. The first-order valence-corrected chi connectivity index (χ1v) is 12.0. The molecule has 0 radical (unpaired) electrons. The Morgan fingerprint density at radius 2 is 1.65 bits per heavy atom. The number of rotatable bonds is 3. The highest BCUT2D eigenvalue weighted by molar-refractivity contribution is 6.42. The van der Waals surface area contributed by atoms with Gasteiger partial charge in [-0.3, -0.25) is 9.59 Å². The van der Waals surface area contributed by atoms with Gasteiger partial charge in [-0.25, -0.2) is 0 Å². The van der Waals surface area contributed by atoms with E-state index >= 15 is 0 Å². The van der Waals surface area contributed by atoms with Crippen molar-refractivity contribution in [1.29, 1.82) is 0 Å². The number of hydrogen-bond acceptors (Lipinski definition) is 4. The number of halogens is 2. The highest BCUT2D eigenvalue weighted by Gasteiger charge is 2.39. The Morgan fingerprint density at radius 1 is 0.882 bits per heavy atom. The third kappa shape index (κ3) is 4.24. The van der Waals surface area contributed by atoms with Crippen LogP contribution in [0.2, 0.25) is 10.0 Å². The molecular formula is C28H24Cl2N2O2. The number of nitrogens with one attached hydrogen (secondary N) is 2. The van der Waals surface area contributed by atoms with Gasteiger partial charge in [-0.1, -0.05) is 73.4 Å². The number of Topliss-reactive ketones (excluding diaryl/α,β-unsaturated/α-hetero) is 1. The number of anilines is 2. The number of allylic oxidation sites excluding steroid dienone is 1. The summed E-state index contributed by atoms with van der Waals surface area (Å²) >= 11 is 12.5. The monoisotopic (exact) mass is 490 g/mol. The van der Waals surface area contributed by atoms with E-state index in [0.717, 1.165) is 22.6 Å². The van der Waals surface area contributed by atoms with Crippen molar-refractivity contribution in [1.82, 2.24) is 0 Å². The number of carbonyl (C=O) groups excluding carboxylic acids is 2. The summed E-state index contributed by atoms with van der Waals surface area (Å²) in [5.41, 5.74) is 5.03. The lowest BCUT2D eigenvalue weighted by molar-refractivity contribution is -0.118. The summed E-state index contributed by atoms with van der Waals surface area (Å²) in [6.45, 7) is 4.19. The summed E-state index contributed by atoms with van der Waals surface area (Å²) < 4.78 is 0. The zero-order valence-electron chi connectivity index (χ0n) is 18.9. The van der Waals surface area contributed by atoms with Gasteiger partial charge in [0.05, 0.1) is 27.5 Å². The van der Waals surface area contributed by atoms with E-state index in [1.807, 2.05) is 54.6 Å². The molecule has 3 aromatic carbocycles. The average molecular weight is 491 g/mol. The molecule has 0 spiro atoms. The fraction of sp³-hybridized carbons (Fsp3) is 0.214. The molecule has 0 saturated heterocycles. The van der Waals surface area contributed by atoms with Crippen LogP contribution in [0.3, 0.4) is 0 Å². The summed E-state index contributed by atoms with van der Waals surface area (Å²) in [4.78, 5) is 26.5. The Balaban J connectivity index is 1.62. The summed E-state index contributed by atoms with van der Waals surface area (Å²) in [7, 11) is 0. The molecule has 1 aliphatic carbocycles. The third-order valence-corrected chi connectivity index (χ3v) is 7.13. The van der Waals surface area contributed by atoms with Crippen molar-refractivity contribution in [3.63, 3.8) is 0 Å². The minimum absolute atomic E-state index is 0.0512. The molecule has 1 heterocycles. The van der Waals surface area contributed by atoms with Crippen LogP contribution in [0, 0.1) is 5.41 Å². The second-order valence-corrected chi connectivity index (χ2v) is 10.5. The maximum atomic E-state index is 13.4. The summed E-state index contributed by atoms with van der Waals surface area (Å²) in [6.07, 6.45) is 1.17. The first-order chi connectivity index (χ1) is 16.2. The van der Waals surface area contributed by atoms with E-state index in [0.29, 0.717) is 39.6 Å². The van der Waals surface area contributed by atoms with Crippen molar-refractivity contribution in [3.8, 4) is 0 Å². The van der Waals surface area contributed by atoms with Crippen LogP contribution >= 0.6 is 23.2 Å². The Morgan fingerprint density at radius 3 is 2.38 bits per heavy atom. The second-order valence-electron chi connectivity index (χ2n) is 9.66. The fourth-order valence-electron chi connectivity index (χ4n) is 4.78. The highest BCUT2D eigenvalue weighted by atomic mass is 35.5. The minimum atomic E-state index is -0.391. The molecule has 4 nitrogen and oxygen atoms in total. The van der Waals surface area contributed by atoms with Crippen LogP contribution in [-0.2, 0) is 4.79 Å². The first-order valence-electron chi connectivity index (χ1n) is 11.2. The van der Waals surface area contributed by atoms with Crippen LogP contribution in [0.25, 0.3) is 0 Å². The predicted molar refractivity (Wildman–Crippen MR) is 138 cm³/mol. The topological polar surface area (TPSA) is 58.2 Å². The van der Waals surface area contributed by atoms with Crippen molar-refractivity contribution in [2.45, 2.75) is 32.7 Å². The number of benzene rings is 3. The predicted octanol–water partition coefficient (Wildman–Crippen LogP) is 7.45. The number of fused-ring (bicyclic) bond motifs is 1. The van der Waals surface area contributed by atoms with Gasteiger partial charge in [0, 0.05) is 28.8 Å². The van der Waals surface area contributed by atoms with Gasteiger partial charge in [0.15, 0.2) is 11.6 Å². The van der Waals surface area contributed by atoms with Gasteiger partial charge in [0.25, 0.3) is 0 Å². The van der Waals surface area contributed by atoms with Gasteiger partial charge in [0.2, 0.25) is 0 Å². The van der Waals surface area contributed by atoms with Gasteiger partial charge >= 0.3 is 0 Å². The summed E-state index contributed by atoms with van der Waals surface area (Å²) in [5.74, 6) is 0.0421. The third-order valence-electron chi connectivity index (χ3n) is 6.39. The minimum Gasteiger partial charge on any atom is -0.372 e. The van der Waals surface area contributed by atoms with Crippen LogP contribution < -0.4 is 10.6 Å². The van der Waals surface area contributed by atoms with Crippen molar-refractivity contribution in [2.24, 2.45) is 5.41 Å². The Labute approximate surface area is 209 Å². The normalized spacial score (nSPS) is 18.8. The molecule has 0 bridgehead atoms. The van der Waals surface area contributed by atoms with Crippen LogP contribution in [0.5, 0.6) is 0 Å². The first kappa shape index (κ1) is 22.7. The maximum absolute atomic E-state index is 13.4. The fourth-order valence-corrected chi connectivity index (χ4v) is 5.09. The Bertz CT molecular complexity index is 1350. The second kappa shape index (κ2) is 8.61. The van der Waals surface area contributed by atoms with Gasteiger partial charge in [-0.05, 0) is 47.7 Å².